The van der Waals surface area contributed by atoms with Crippen LogP contribution in [0.3, 0.4) is 0 Å². The summed E-state index contributed by atoms with van der Waals surface area (Å²) in [6.45, 7) is 0. The van der Waals surface area contributed by atoms with Gasteiger partial charge in [0.1, 0.15) is 15.7 Å². The SMILES string of the molecule is CS(=O)(=O)CCC(C#N)c1ccc(-n2cc(-c3ccnc(N)c3N)cn2)nc1. The molecule has 1 atom stereocenters. The highest BCUT2D eigenvalue weighted by Crippen LogP contribution is 2.28. The minimum absolute atomic E-state index is 0.0496. The summed E-state index contributed by atoms with van der Waals surface area (Å²) in [7, 11) is -3.13. The molecule has 0 amide bonds. The lowest BCUT2D eigenvalue weighted by Crippen LogP contribution is -2.08. The highest BCUT2D eigenvalue weighted by atomic mass is 32.2. The zero-order chi connectivity index (χ0) is 20.3. The van der Waals surface area contributed by atoms with Crippen molar-refractivity contribution in [3.05, 3.63) is 48.5 Å². The fourth-order valence-corrected chi connectivity index (χ4v) is 3.37. The van der Waals surface area contributed by atoms with Crippen molar-refractivity contribution in [1.29, 1.82) is 5.26 Å². The van der Waals surface area contributed by atoms with Crippen molar-refractivity contribution in [2.24, 2.45) is 0 Å². The van der Waals surface area contributed by atoms with Crippen LogP contribution in [0.25, 0.3) is 16.9 Å². The van der Waals surface area contributed by atoms with Crippen molar-refractivity contribution in [1.82, 2.24) is 19.7 Å². The molecule has 4 N–H and O–H groups in total. The Bertz CT molecular complexity index is 1130. The molecule has 0 saturated heterocycles. The number of hydrogen-bond acceptors (Lipinski definition) is 8. The number of hydrogen-bond donors (Lipinski definition) is 2. The number of nitrogens with two attached hydrogens (primary N) is 2. The maximum absolute atomic E-state index is 11.3. The number of aromatic nitrogens is 4. The molecule has 0 bridgehead atoms. The molecule has 3 aromatic heterocycles. The van der Waals surface area contributed by atoms with Crippen LogP contribution < -0.4 is 11.5 Å². The van der Waals surface area contributed by atoms with Crippen LogP contribution in [0.4, 0.5) is 11.5 Å². The fourth-order valence-electron chi connectivity index (χ4n) is 2.71. The molecule has 3 rings (SSSR count). The molecule has 0 aliphatic carbocycles. The van der Waals surface area contributed by atoms with Crippen LogP contribution in [-0.4, -0.2) is 40.2 Å². The van der Waals surface area contributed by atoms with Gasteiger partial charge < -0.3 is 11.5 Å². The van der Waals surface area contributed by atoms with Crippen LogP contribution in [0.2, 0.25) is 0 Å². The predicted molar refractivity (Wildman–Crippen MR) is 106 cm³/mol. The van der Waals surface area contributed by atoms with Gasteiger partial charge in [0.15, 0.2) is 5.82 Å². The Balaban J connectivity index is 1.82. The Labute approximate surface area is 162 Å². The van der Waals surface area contributed by atoms with E-state index < -0.39 is 15.8 Å². The monoisotopic (exact) mass is 397 g/mol. The third-order valence-electron chi connectivity index (χ3n) is 4.26. The number of rotatable bonds is 6. The summed E-state index contributed by atoms with van der Waals surface area (Å²) in [4.78, 5) is 8.28. The molecule has 3 aromatic rings. The van der Waals surface area contributed by atoms with Crippen LogP contribution in [0.1, 0.15) is 17.9 Å². The number of nitrogens with zero attached hydrogens (tertiary/aromatic N) is 5. The molecule has 0 spiro atoms. The first kappa shape index (κ1) is 19.3. The zero-order valence-corrected chi connectivity index (χ0v) is 16.0. The van der Waals surface area contributed by atoms with Crippen molar-refractivity contribution >= 4 is 21.3 Å². The lowest BCUT2D eigenvalue weighted by molar-refractivity contribution is 0.597. The molecule has 10 heteroatoms. The Morgan fingerprint density at radius 1 is 1.21 bits per heavy atom. The van der Waals surface area contributed by atoms with Crippen LogP contribution in [0, 0.1) is 11.3 Å². The summed E-state index contributed by atoms with van der Waals surface area (Å²) in [6, 6.07) is 7.35. The minimum atomic E-state index is -3.13. The van der Waals surface area contributed by atoms with E-state index in [1.165, 1.54) is 0 Å². The van der Waals surface area contributed by atoms with Crippen LogP contribution in [0.15, 0.2) is 43.0 Å². The standard InChI is InChI=1S/C18H19N7O2S/c1-28(26,27)7-5-12(8-19)13-2-3-16(23-9-13)25-11-14(10-24-25)15-4-6-22-18(21)17(15)20/h2-4,6,9-12H,5,7,20H2,1H3,(H2,21,22). The first-order valence-corrected chi connectivity index (χ1v) is 10.4. The van der Waals surface area contributed by atoms with Crippen LogP contribution in [-0.2, 0) is 9.84 Å². The van der Waals surface area contributed by atoms with Crippen molar-refractivity contribution in [3.8, 4) is 23.0 Å². The van der Waals surface area contributed by atoms with E-state index >= 15 is 0 Å². The summed E-state index contributed by atoms with van der Waals surface area (Å²) < 4.78 is 24.2. The quantitative estimate of drug-likeness (QED) is 0.635. The van der Waals surface area contributed by atoms with E-state index in [9.17, 15) is 13.7 Å². The van der Waals surface area contributed by atoms with Gasteiger partial charge in [-0.3, -0.25) is 0 Å². The molecule has 1 unspecified atom stereocenters. The second kappa shape index (κ2) is 7.66. The third-order valence-corrected chi connectivity index (χ3v) is 5.23. The van der Waals surface area contributed by atoms with E-state index in [0.717, 1.165) is 17.4 Å². The Morgan fingerprint density at radius 2 is 2.00 bits per heavy atom. The molecule has 0 radical (unpaired) electrons. The van der Waals surface area contributed by atoms with Gasteiger partial charge in [-0.15, -0.1) is 0 Å². The van der Waals surface area contributed by atoms with Crippen LogP contribution >= 0.6 is 0 Å². The molecule has 144 valence electrons. The van der Waals surface area contributed by atoms with Crippen molar-refractivity contribution < 1.29 is 8.42 Å². The van der Waals surface area contributed by atoms with Gasteiger partial charge in [-0.2, -0.15) is 10.4 Å². The van der Waals surface area contributed by atoms with Crippen molar-refractivity contribution in [2.75, 3.05) is 23.5 Å². The molecular weight excluding hydrogens is 378 g/mol. The average Bonchev–Trinajstić information content (AvgIpc) is 3.14. The predicted octanol–water partition coefficient (Wildman–Crippen LogP) is 1.54. The maximum atomic E-state index is 11.3. The summed E-state index contributed by atoms with van der Waals surface area (Å²) >= 11 is 0. The number of nitriles is 1. The second-order valence-corrected chi connectivity index (χ2v) is 8.64. The van der Waals surface area contributed by atoms with Gasteiger partial charge in [-0.05, 0) is 24.1 Å². The van der Waals surface area contributed by atoms with Crippen molar-refractivity contribution in [3.63, 3.8) is 0 Å². The largest absolute Gasteiger partial charge is 0.395 e. The Hall–Kier alpha value is -3.45. The smallest absolute Gasteiger partial charge is 0.153 e. The summed E-state index contributed by atoms with van der Waals surface area (Å²) in [5.41, 5.74) is 14.3. The molecular formula is C18H19N7O2S. The Morgan fingerprint density at radius 3 is 2.64 bits per heavy atom. The molecule has 0 saturated carbocycles. The van der Waals surface area contributed by atoms with Gasteiger partial charge in [0.05, 0.1) is 29.6 Å². The van der Waals surface area contributed by atoms with Gasteiger partial charge in [-0.25, -0.2) is 23.1 Å². The third kappa shape index (κ3) is 4.27. The highest BCUT2D eigenvalue weighted by molar-refractivity contribution is 7.90. The van der Waals surface area contributed by atoms with Gasteiger partial charge in [0.25, 0.3) is 0 Å². The number of sulfone groups is 1. The first-order valence-electron chi connectivity index (χ1n) is 8.37. The highest BCUT2D eigenvalue weighted by Gasteiger charge is 2.15. The minimum Gasteiger partial charge on any atom is -0.395 e. The molecule has 3 heterocycles. The average molecular weight is 397 g/mol. The number of anilines is 2. The first-order chi connectivity index (χ1) is 13.3. The van der Waals surface area contributed by atoms with Gasteiger partial charge >= 0.3 is 0 Å². The molecule has 0 fully saturated rings. The van der Waals surface area contributed by atoms with E-state index in [2.05, 4.69) is 21.1 Å². The number of pyridine rings is 2. The van der Waals surface area contributed by atoms with E-state index in [0.29, 0.717) is 17.1 Å². The summed E-state index contributed by atoms with van der Waals surface area (Å²) in [5.74, 6) is 0.218. The molecule has 28 heavy (non-hydrogen) atoms. The molecule has 0 aliphatic rings. The lowest BCUT2D eigenvalue weighted by Gasteiger charge is -2.09. The molecule has 0 aromatic carbocycles. The maximum Gasteiger partial charge on any atom is 0.153 e. The van der Waals surface area contributed by atoms with Crippen molar-refractivity contribution in [2.45, 2.75) is 12.3 Å². The van der Waals surface area contributed by atoms with E-state index in [1.807, 2.05) is 0 Å². The topological polar surface area (TPSA) is 154 Å². The summed E-state index contributed by atoms with van der Waals surface area (Å²) in [5, 5.41) is 13.6. The van der Waals surface area contributed by atoms with Gasteiger partial charge in [-0.1, -0.05) is 6.07 Å². The van der Waals surface area contributed by atoms with Crippen LogP contribution in [0.5, 0.6) is 0 Å². The number of nitrogen functional groups attached to an aromatic ring is 2. The summed E-state index contributed by atoms with van der Waals surface area (Å²) in [6.07, 6.45) is 7.92. The van der Waals surface area contributed by atoms with E-state index in [1.54, 1.807) is 47.7 Å². The molecule has 0 aliphatic heterocycles. The van der Waals surface area contributed by atoms with E-state index in [-0.39, 0.29) is 18.0 Å². The normalized spacial score (nSPS) is 12.4. The fraction of sp³-hybridized carbons (Fsp3) is 0.222. The zero-order valence-electron chi connectivity index (χ0n) is 15.1. The van der Waals surface area contributed by atoms with E-state index in [4.69, 9.17) is 11.5 Å². The lowest BCUT2D eigenvalue weighted by atomic mass is 10.00. The molecule has 9 nitrogen and oxygen atoms in total. The van der Waals surface area contributed by atoms with Gasteiger partial charge in [0, 0.05) is 36.0 Å². The Kier molecular flexibility index (Phi) is 5.28. The second-order valence-electron chi connectivity index (χ2n) is 6.38. The van der Waals surface area contributed by atoms with Gasteiger partial charge in [0.2, 0.25) is 0 Å².